The van der Waals surface area contributed by atoms with Crippen LogP contribution in [0.15, 0.2) is 41.6 Å². The zero-order valence-electron chi connectivity index (χ0n) is 23.8. The van der Waals surface area contributed by atoms with E-state index in [1.54, 1.807) is 18.5 Å². The van der Waals surface area contributed by atoms with Gasteiger partial charge in [-0.2, -0.15) is 0 Å². The summed E-state index contributed by atoms with van der Waals surface area (Å²) in [6.45, 7) is 9.10. The van der Waals surface area contributed by atoms with Crippen LogP contribution >= 0.6 is 11.3 Å². The maximum Gasteiger partial charge on any atom is 0.407 e. The fraction of sp³-hybridized carbons (Fsp3) is 0.464. The summed E-state index contributed by atoms with van der Waals surface area (Å²) in [5.74, 6) is 0.251. The number of alkyl carbamates (subject to hydrolysis) is 1. The number of amides is 1. The summed E-state index contributed by atoms with van der Waals surface area (Å²) in [6, 6.07) is 7.34. The highest BCUT2D eigenvalue weighted by Crippen LogP contribution is 2.40. The Labute approximate surface area is 243 Å². The zero-order valence-corrected chi connectivity index (χ0v) is 25.4. The fourth-order valence-corrected chi connectivity index (χ4v) is 7.85. The molecule has 1 fully saturated rings. The first-order valence-corrected chi connectivity index (χ1v) is 16.0. The average molecular weight is 598 g/mol. The van der Waals surface area contributed by atoms with Crippen LogP contribution in [-0.4, -0.2) is 57.6 Å². The molecular formula is C28H35N7O4S2. The summed E-state index contributed by atoms with van der Waals surface area (Å²) in [4.78, 5) is 22.0. The molecule has 0 spiro atoms. The summed E-state index contributed by atoms with van der Waals surface area (Å²) in [6.07, 6.45) is 6.32. The second-order valence-electron chi connectivity index (χ2n) is 11.7. The monoisotopic (exact) mass is 597 g/mol. The topological polar surface area (TPSA) is 152 Å². The van der Waals surface area contributed by atoms with Crippen molar-refractivity contribution < 1.29 is 17.9 Å². The second-order valence-corrected chi connectivity index (χ2v) is 14.4. The van der Waals surface area contributed by atoms with Gasteiger partial charge in [0, 0.05) is 41.0 Å². The average Bonchev–Trinajstić information content (AvgIpc) is 3.56. The Bertz CT molecular complexity index is 1650. The van der Waals surface area contributed by atoms with Crippen molar-refractivity contribution in [3.05, 3.63) is 41.7 Å². The minimum atomic E-state index is -3.88. The molecule has 1 aliphatic carbocycles. The van der Waals surface area contributed by atoms with Crippen molar-refractivity contribution in [1.82, 2.24) is 35.4 Å². The smallest absolute Gasteiger partial charge is 0.407 e. The Kier molecular flexibility index (Phi) is 8.13. The number of pyridine rings is 1. The molecule has 3 heterocycles. The molecule has 0 atom stereocenters. The van der Waals surface area contributed by atoms with E-state index < -0.39 is 15.6 Å². The van der Waals surface area contributed by atoms with E-state index >= 15 is 0 Å². The highest BCUT2D eigenvalue weighted by Gasteiger charge is 2.29. The molecule has 218 valence electrons. The van der Waals surface area contributed by atoms with Crippen molar-refractivity contribution in [1.29, 1.82) is 0 Å². The van der Waals surface area contributed by atoms with Gasteiger partial charge in [0.15, 0.2) is 0 Å². The summed E-state index contributed by atoms with van der Waals surface area (Å²) >= 11 is 1.52. The van der Waals surface area contributed by atoms with E-state index in [-0.39, 0.29) is 29.1 Å². The van der Waals surface area contributed by atoms with Crippen LogP contribution in [0.5, 0.6) is 0 Å². The molecule has 0 radical (unpaired) electrons. The molecule has 0 unspecified atom stereocenters. The van der Waals surface area contributed by atoms with Gasteiger partial charge in [-0.25, -0.2) is 27.9 Å². The number of rotatable bonds is 7. The molecular weight excluding hydrogens is 562 g/mol. The molecule has 3 N–H and O–H groups in total. The number of aromatic amines is 1. The number of benzene rings is 1. The number of aromatic nitrogens is 5. The summed E-state index contributed by atoms with van der Waals surface area (Å²) in [5, 5.41) is 14.4. The van der Waals surface area contributed by atoms with Crippen LogP contribution in [0.3, 0.4) is 0 Å². The quantitative estimate of drug-likeness (QED) is 0.257. The summed E-state index contributed by atoms with van der Waals surface area (Å²) < 4.78 is 35.4. The highest BCUT2D eigenvalue weighted by atomic mass is 32.2. The maximum absolute atomic E-state index is 13.7. The van der Waals surface area contributed by atoms with Crippen molar-refractivity contribution in [2.75, 3.05) is 0 Å². The Morgan fingerprint density at radius 2 is 1.83 bits per heavy atom. The number of H-pyrrole nitrogens is 1. The number of carbonyl (C=O) groups is 1. The van der Waals surface area contributed by atoms with Crippen molar-refractivity contribution in [3.8, 4) is 21.6 Å². The van der Waals surface area contributed by atoms with Gasteiger partial charge in [-0.3, -0.25) is 5.10 Å². The van der Waals surface area contributed by atoms with Gasteiger partial charge >= 0.3 is 6.09 Å². The number of nitrogens with zero attached hydrogens (tertiary/aromatic N) is 4. The van der Waals surface area contributed by atoms with Gasteiger partial charge in [0.1, 0.15) is 5.52 Å². The third-order valence-corrected chi connectivity index (χ3v) is 9.75. The third kappa shape index (κ3) is 6.91. The zero-order chi connectivity index (χ0) is 29.4. The molecule has 0 aliphatic heterocycles. The number of hydrogen-bond donors (Lipinski definition) is 3. The first kappa shape index (κ1) is 29.1. The largest absolute Gasteiger partial charge is 0.447 e. The molecule has 1 amide bonds. The number of ether oxygens (including phenoxy) is 1. The molecule has 13 heteroatoms. The summed E-state index contributed by atoms with van der Waals surface area (Å²) in [7, 11) is -3.88. The minimum absolute atomic E-state index is 0.0796. The lowest BCUT2D eigenvalue weighted by atomic mass is 9.86. The number of thiazole rings is 1. The van der Waals surface area contributed by atoms with Gasteiger partial charge in [0.25, 0.3) is 0 Å². The van der Waals surface area contributed by atoms with Crippen molar-refractivity contribution in [2.24, 2.45) is 0 Å². The van der Waals surface area contributed by atoms with Gasteiger partial charge in [-0.1, -0.05) is 17.3 Å². The molecule has 4 aromatic rings. The number of fused-ring (bicyclic) bond motifs is 1. The molecule has 41 heavy (non-hydrogen) atoms. The van der Waals surface area contributed by atoms with E-state index in [9.17, 15) is 13.2 Å². The Morgan fingerprint density at radius 1 is 1.07 bits per heavy atom. The lowest BCUT2D eigenvalue weighted by molar-refractivity contribution is 0.109. The lowest BCUT2D eigenvalue weighted by Crippen LogP contribution is -2.40. The number of hydrogen-bond acceptors (Lipinski definition) is 9. The molecule has 0 saturated heterocycles. The third-order valence-electron chi connectivity index (χ3n) is 6.76. The standard InChI is InChI=1S/C28H35N7O4S2/c1-16(2)39-27(36)31-20-9-6-17(7-10-20)26-30-15-23(40-26)21-11-8-18(13-24(21)41(37,38)34-28(3,4)5)19-12-22-25(29-14-19)33-35-32-22/h8,11-17,20,34H,6-7,9-10H2,1-5H3,(H,31,36)(H,29,32,33,35)/t17-,20-. The molecule has 0 bridgehead atoms. The van der Waals surface area contributed by atoms with Gasteiger partial charge in [0.05, 0.1) is 20.9 Å². The minimum Gasteiger partial charge on any atom is -0.447 e. The van der Waals surface area contributed by atoms with Gasteiger partial charge < -0.3 is 10.1 Å². The van der Waals surface area contributed by atoms with Crippen LogP contribution in [0.2, 0.25) is 0 Å². The van der Waals surface area contributed by atoms with E-state index in [2.05, 4.69) is 30.4 Å². The van der Waals surface area contributed by atoms with Crippen LogP contribution in [0.1, 0.15) is 71.2 Å². The Hall–Kier alpha value is -3.42. The first-order chi connectivity index (χ1) is 19.4. The van der Waals surface area contributed by atoms with Gasteiger partial charge in [-0.15, -0.1) is 16.4 Å². The van der Waals surface area contributed by atoms with Crippen LogP contribution < -0.4 is 10.0 Å². The number of sulfonamides is 1. The molecule has 1 saturated carbocycles. The second kappa shape index (κ2) is 11.5. The van der Waals surface area contributed by atoms with E-state index in [4.69, 9.17) is 9.72 Å². The van der Waals surface area contributed by atoms with Gasteiger partial charge in [-0.05, 0) is 78.0 Å². The van der Waals surface area contributed by atoms with Crippen molar-refractivity contribution in [2.45, 2.75) is 88.8 Å². The number of carbonyl (C=O) groups excluding carboxylic acids is 1. The van der Waals surface area contributed by atoms with E-state index in [1.807, 2.05) is 52.8 Å². The predicted octanol–water partition coefficient (Wildman–Crippen LogP) is 5.38. The van der Waals surface area contributed by atoms with Crippen LogP contribution in [0.4, 0.5) is 4.79 Å². The molecule has 11 nitrogen and oxygen atoms in total. The Morgan fingerprint density at radius 3 is 2.54 bits per heavy atom. The van der Waals surface area contributed by atoms with Crippen molar-refractivity contribution >= 4 is 38.6 Å². The van der Waals surface area contributed by atoms with E-state index in [0.29, 0.717) is 22.3 Å². The molecule has 1 aromatic carbocycles. The predicted molar refractivity (Wildman–Crippen MR) is 158 cm³/mol. The molecule has 5 rings (SSSR count). The fourth-order valence-electron chi connectivity index (χ4n) is 4.99. The van der Waals surface area contributed by atoms with Crippen molar-refractivity contribution in [3.63, 3.8) is 0 Å². The number of nitrogens with one attached hydrogen (secondary N) is 3. The molecule has 1 aliphatic rings. The van der Waals surface area contributed by atoms with Gasteiger partial charge in [0.2, 0.25) is 15.7 Å². The van der Waals surface area contributed by atoms with E-state index in [1.165, 1.54) is 11.3 Å². The normalized spacial score (nSPS) is 18.1. The molecule has 3 aromatic heterocycles. The lowest BCUT2D eigenvalue weighted by Gasteiger charge is -2.28. The van der Waals surface area contributed by atoms with Crippen LogP contribution in [-0.2, 0) is 14.8 Å². The SMILES string of the molecule is CC(C)OC(=O)N[C@H]1CC[C@H](c2ncc(-c3ccc(-c4cnc5nn[nH]c5c4)cc3S(=O)(=O)NC(C)(C)C)s2)CC1. The van der Waals surface area contributed by atoms with Crippen LogP contribution in [0.25, 0.3) is 32.7 Å². The van der Waals surface area contributed by atoms with E-state index in [0.717, 1.165) is 41.1 Å². The maximum atomic E-state index is 13.7. The Balaban J connectivity index is 1.42. The first-order valence-electron chi connectivity index (χ1n) is 13.7. The highest BCUT2D eigenvalue weighted by molar-refractivity contribution is 7.89. The summed E-state index contributed by atoms with van der Waals surface area (Å²) in [5.41, 5.74) is 2.54. The van der Waals surface area contributed by atoms with Crippen LogP contribution in [0, 0.1) is 0 Å².